The van der Waals surface area contributed by atoms with Crippen molar-refractivity contribution in [1.82, 2.24) is 4.98 Å². The fraction of sp³-hybridized carbons (Fsp3) is 0.0526. The van der Waals surface area contributed by atoms with Crippen LogP contribution in [0.4, 0.5) is 5.69 Å². The number of fused-ring (bicyclic) bond motifs is 1. The van der Waals surface area contributed by atoms with Gasteiger partial charge < -0.3 is 5.73 Å². The summed E-state index contributed by atoms with van der Waals surface area (Å²) in [6.07, 6.45) is 3.18. The van der Waals surface area contributed by atoms with E-state index in [-0.39, 0.29) is 5.78 Å². The van der Waals surface area contributed by atoms with E-state index in [4.69, 9.17) is 17.3 Å². The first kappa shape index (κ1) is 15.3. The number of anilines is 1. The van der Waals surface area contributed by atoms with Gasteiger partial charge in [-0.05, 0) is 61.0 Å². The summed E-state index contributed by atoms with van der Waals surface area (Å²) < 4.78 is 0. The molecule has 3 rings (SSSR count). The first-order valence-electron chi connectivity index (χ1n) is 7.18. The second kappa shape index (κ2) is 6.23. The molecule has 0 aliphatic carbocycles. The lowest BCUT2D eigenvalue weighted by atomic mass is 10.1. The molecule has 0 aliphatic heterocycles. The van der Waals surface area contributed by atoms with Crippen molar-refractivity contribution in [2.24, 2.45) is 0 Å². The van der Waals surface area contributed by atoms with Crippen molar-refractivity contribution in [3.63, 3.8) is 0 Å². The molecule has 3 aromatic rings. The standard InChI is InChI=1S/C19H15ClN2O/c1-12-2-3-14-11-15(19(20)22-17(14)10-12)6-9-18(23)13-4-7-16(21)8-5-13/h2-11H,21H2,1H3/b9-6+. The molecular formula is C19H15ClN2O. The third-order valence-electron chi connectivity index (χ3n) is 3.56. The van der Waals surface area contributed by atoms with Gasteiger partial charge in [-0.15, -0.1) is 0 Å². The molecule has 2 N–H and O–H groups in total. The Hall–Kier alpha value is -2.65. The molecule has 0 fully saturated rings. The Bertz CT molecular complexity index is 915. The molecule has 0 saturated carbocycles. The van der Waals surface area contributed by atoms with Crippen molar-refractivity contribution >= 4 is 40.1 Å². The summed E-state index contributed by atoms with van der Waals surface area (Å²) >= 11 is 6.22. The lowest BCUT2D eigenvalue weighted by molar-refractivity contribution is 0.104. The largest absolute Gasteiger partial charge is 0.399 e. The number of benzene rings is 2. The summed E-state index contributed by atoms with van der Waals surface area (Å²) in [5, 5.41) is 1.36. The summed E-state index contributed by atoms with van der Waals surface area (Å²) in [5.41, 5.74) is 9.51. The maximum atomic E-state index is 12.2. The third kappa shape index (κ3) is 3.41. The van der Waals surface area contributed by atoms with Gasteiger partial charge in [0.05, 0.1) is 5.52 Å². The number of hydrogen-bond acceptors (Lipinski definition) is 3. The fourth-order valence-corrected chi connectivity index (χ4v) is 2.50. The lowest BCUT2D eigenvalue weighted by Crippen LogP contribution is -1.95. The molecule has 0 atom stereocenters. The Morgan fingerprint density at radius 2 is 1.87 bits per heavy atom. The van der Waals surface area contributed by atoms with Crippen LogP contribution in [0.15, 0.2) is 54.6 Å². The number of hydrogen-bond donors (Lipinski definition) is 1. The normalized spacial score (nSPS) is 11.2. The van der Waals surface area contributed by atoms with Gasteiger partial charge in [-0.25, -0.2) is 4.98 Å². The van der Waals surface area contributed by atoms with Crippen LogP contribution in [0.2, 0.25) is 5.15 Å². The molecule has 0 saturated heterocycles. The van der Waals surface area contributed by atoms with Crippen LogP contribution in [0.3, 0.4) is 0 Å². The number of rotatable bonds is 3. The minimum absolute atomic E-state index is 0.106. The minimum atomic E-state index is -0.106. The zero-order valence-corrected chi connectivity index (χ0v) is 13.3. The molecule has 1 aromatic heterocycles. The van der Waals surface area contributed by atoms with E-state index in [1.165, 1.54) is 6.08 Å². The molecule has 114 valence electrons. The molecule has 0 bridgehead atoms. The van der Waals surface area contributed by atoms with Gasteiger partial charge in [-0.3, -0.25) is 4.79 Å². The van der Waals surface area contributed by atoms with Gasteiger partial charge in [0.2, 0.25) is 0 Å². The summed E-state index contributed by atoms with van der Waals surface area (Å²) in [6, 6.07) is 14.7. The number of halogens is 1. The van der Waals surface area contributed by atoms with Gasteiger partial charge in [-0.2, -0.15) is 0 Å². The zero-order chi connectivity index (χ0) is 16.4. The number of nitrogens with zero attached hydrogens (tertiary/aromatic N) is 1. The van der Waals surface area contributed by atoms with E-state index in [0.717, 1.165) is 16.5 Å². The van der Waals surface area contributed by atoms with Crippen molar-refractivity contribution in [3.8, 4) is 0 Å². The van der Waals surface area contributed by atoms with E-state index in [1.807, 2.05) is 31.2 Å². The highest BCUT2D eigenvalue weighted by atomic mass is 35.5. The number of nitrogen functional groups attached to an aromatic ring is 1. The third-order valence-corrected chi connectivity index (χ3v) is 3.87. The quantitative estimate of drug-likeness (QED) is 0.330. The fourth-order valence-electron chi connectivity index (χ4n) is 2.30. The van der Waals surface area contributed by atoms with Crippen LogP contribution in [0, 0.1) is 6.92 Å². The SMILES string of the molecule is Cc1ccc2cc(/C=C/C(=O)c3ccc(N)cc3)c(Cl)nc2c1. The van der Waals surface area contributed by atoms with Crippen LogP contribution in [0.25, 0.3) is 17.0 Å². The predicted octanol–water partition coefficient (Wildman–Crippen LogP) is 4.67. The molecule has 0 radical (unpaired) electrons. The Morgan fingerprint density at radius 1 is 1.13 bits per heavy atom. The van der Waals surface area contributed by atoms with Crippen molar-refractivity contribution in [3.05, 3.63) is 76.5 Å². The van der Waals surface area contributed by atoms with Gasteiger partial charge in [0.25, 0.3) is 0 Å². The van der Waals surface area contributed by atoms with Crippen molar-refractivity contribution in [1.29, 1.82) is 0 Å². The zero-order valence-electron chi connectivity index (χ0n) is 12.6. The second-order valence-electron chi connectivity index (χ2n) is 5.38. The molecular weight excluding hydrogens is 308 g/mol. The maximum Gasteiger partial charge on any atom is 0.185 e. The molecule has 3 nitrogen and oxygen atoms in total. The van der Waals surface area contributed by atoms with E-state index < -0.39 is 0 Å². The molecule has 23 heavy (non-hydrogen) atoms. The Kier molecular flexibility index (Phi) is 4.13. The lowest BCUT2D eigenvalue weighted by Gasteiger charge is -2.03. The van der Waals surface area contributed by atoms with Crippen LogP contribution < -0.4 is 5.73 Å². The molecule has 0 amide bonds. The average molecular weight is 323 g/mol. The van der Waals surface area contributed by atoms with Crippen LogP contribution in [0.5, 0.6) is 0 Å². The number of carbonyl (C=O) groups is 1. The number of pyridine rings is 1. The molecule has 1 heterocycles. The predicted molar refractivity (Wildman–Crippen MR) is 95.7 cm³/mol. The van der Waals surface area contributed by atoms with Crippen LogP contribution in [0.1, 0.15) is 21.5 Å². The van der Waals surface area contributed by atoms with Crippen LogP contribution in [-0.2, 0) is 0 Å². The number of aromatic nitrogens is 1. The highest BCUT2D eigenvalue weighted by Gasteiger charge is 2.05. The molecule has 0 unspecified atom stereocenters. The number of ketones is 1. The summed E-state index contributed by atoms with van der Waals surface area (Å²) in [6.45, 7) is 2.01. The minimum Gasteiger partial charge on any atom is -0.399 e. The Labute approximate surface area is 139 Å². The van der Waals surface area contributed by atoms with Crippen molar-refractivity contribution in [2.45, 2.75) is 6.92 Å². The van der Waals surface area contributed by atoms with Crippen molar-refractivity contribution in [2.75, 3.05) is 5.73 Å². The van der Waals surface area contributed by atoms with Crippen LogP contribution >= 0.6 is 11.6 Å². The Balaban J connectivity index is 1.91. The van der Waals surface area contributed by atoms with E-state index in [0.29, 0.717) is 22.0 Å². The van der Waals surface area contributed by atoms with E-state index in [9.17, 15) is 4.79 Å². The summed E-state index contributed by atoms with van der Waals surface area (Å²) in [7, 11) is 0. The highest BCUT2D eigenvalue weighted by molar-refractivity contribution is 6.31. The first-order chi connectivity index (χ1) is 11.0. The molecule has 2 aromatic carbocycles. The van der Waals surface area contributed by atoms with Gasteiger partial charge in [-0.1, -0.05) is 23.7 Å². The number of aryl methyl sites for hydroxylation is 1. The van der Waals surface area contributed by atoms with E-state index in [2.05, 4.69) is 4.98 Å². The molecule has 0 aliphatic rings. The highest BCUT2D eigenvalue weighted by Crippen LogP contribution is 2.22. The summed E-state index contributed by atoms with van der Waals surface area (Å²) in [4.78, 5) is 16.5. The average Bonchev–Trinajstić information content (AvgIpc) is 2.53. The number of carbonyl (C=O) groups excluding carboxylic acids is 1. The second-order valence-corrected chi connectivity index (χ2v) is 5.74. The van der Waals surface area contributed by atoms with Gasteiger partial charge in [0.1, 0.15) is 5.15 Å². The molecule has 4 heteroatoms. The molecule has 0 spiro atoms. The topological polar surface area (TPSA) is 56.0 Å². The van der Waals surface area contributed by atoms with E-state index >= 15 is 0 Å². The van der Waals surface area contributed by atoms with E-state index in [1.54, 1.807) is 30.3 Å². The van der Waals surface area contributed by atoms with Crippen LogP contribution in [-0.4, -0.2) is 10.8 Å². The van der Waals surface area contributed by atoms with Gasteiger partial charge >= 0.3 is 0 Å². The maximum absolute atomic E-state index is 12.2. The van der Waals surface area contributed by atoms with Crippen molar-refractivity contribution < 1.29 is 4.79 Å². The first-order valence-corrected chi connectivity index (χ1v) is 7.55. The summed E-state index contributed by atoms with van der Waals surface area (Å²) in [5.74, 6) is -0.106. The van der Waals surface area contributed by atoms with Gasteiger partial charge in [0, 0.05) is 22.2 Å². The smallest absolute Gasteiger partial charge is 0.185 e. The number of allylic oxidation sites excluding steroid dienone is 1. The number of nitrogens with two attached hydrogens (primary N) is 1. The monoisotopic (exact) mass is 322 g/mol. The Morgan fingerprint density at radius 3 is 2.61 bits per heavy atom. The van der Waals surface area contributed by atoms with Gasteiger partial charge in [0.15, 0.2) is 5.78 Å².